The zero-order chi connectivity index (χ0) is 20.1. The lowest BCUT2D eigenvalue weighted by Gasteiger charge is -2.07. The molecule has 2 aromatic carbocycles. The van der Waals surface area contributed by atoms with E-state index in [1.54, 1.807) is 24.3 Å². The minimum atomic E-state index is -4.42. The largest absolute Gasteiger partial charge is 0.416 e. The molecule has 1 aliphatic carbocycles. The molecule has 1 aliphatic rings. The Hall–Kier alpha value is -3.27. The SMILES string of the molecule is O=C(NCC#Cc1cccc(C(F)(F)F)c1)c1cccc(NC(=O)C2CC2)c1. The lowest BCUT2D eigenvalue weighted by atomic mass is 10.1. The molecule has 0 aromatic heterocycles. The van der Waals surface area contributed by atoms with Gasteiger partial charge in [0, 0.05) is 22.7 Å². The van der Waals surface area contributed by atoms with Crippen molar-refractivity contribution in [2.75, 3.05) is 11.9 Å². The quantitative estimate of drug-likeness (QED) is 0.785. The standard InChI is InChI=1S/C21H17F3N2O2/c22-21(23,24)17-7-1-4-14(12-17)5-3-11-25-19(27)16-6-2-8-18(13-16)26-20(28)15-9-10-15/h1-2,4,6-8,12-13,15H,9-11H2,(H,25,27)(H,26,28). The van der Waals surface area contributed by atoms with Crippen molar-refractivity contribution in [1.29, 1.82) is 0 Å². The van der Waals surface area contributed by atoms with Gasteiger partial charge in [-0.3, -0.25) is 9.59 Å². The Balaban J connectivity index is 1.56. The molecule has 0 radical (unpaired) electrons. The van der Waals surface area contributed by atoms with Gasteiger partial charge in [0.1, 0.15) is 0 Å². The van der Waals surface area contributed by atoms with Crippen LogP contribution in [0.25, 0.3) is 0 Å². The van der Waals surface area contributed by atoms with E-state index in [9.17, 15) is 22.8 Å². The van der Waals surface area contributed by atoms with Crippen LogP contribution in [0.5, 0.6) is 0 Å². The normalized spacial score (nSPS) is 13.2. The number of hydrogen-bond donors (Lipinski definition) is 2. The Morgan fingerprint density at radius 3 is 2.54 bits per heavy atom. The fourth-order valence-electron chi connectivity index (χ4n) is 2.47. The maximum atomic E-state index is 12.7. The number of amides is 2. The highest BCUT2D eigenvalue weighted by molar-refractivity contribution is 5.98. The van der Waals surface area contributed by atoms with Gasteiger partial charge in [-0.15, -0.1) is 0 Å². The molecule has 1 fully saturated rings. The van der Waals surface area contributed by atoms with Crippen LogP contribution < -0.4 is 10.6 Å². The third-order valence-corrected chi connectivity index (χ3v) is 4.10. The summed E-state index contributed by atoms with van der Waals surface area (Å²) in [6.07, 6.45) is -2.65. The predicted molar refractivity (Wildman–Crippen MR) is 98.5 cm³/mol. The molecule has 0 unspecified atom stereocenters. The summed E-state index contributed by atoms with van der Waals surface area (Å²) in [5.74, 6) is 4.85. The maximum Gasteiger partial charge on any atom is 0.416 e. The van der Waals surface area contributed by atoms with Crippen molar-refractivity contribution in [1.82, 2.24) is 5.32 Å². The minimum Gasteiger partial charge on any atom is -0.341 e. The Labute approximate surface area is 160 Å². The number of rotatable bonds is 4. The first-order valence-electron chi connectivity index (χ1n) is 8.68. The number of halogens is 3. The molecule has 1 saturated carbocycles. The molecule has 144 valence electrons. The maximum absolute atomic E-state index is 12.7. The van der Waals surface area contributed by atoms with Gasteiger partial charge < -0.3 is 10.6 Å². The fraction of sp³-hybridized carbons (Fsp3) is 0.238. The van der Waals surface area contributed by atoms with Crippen LogP contribution in [-0.4, -0.2) is 18.4 Å². The van der Waals surface area contributed by atoms with E-state index in [1.807, 2.05) is 0 Å². The van der Waals surface area contributed by atoms with Crippen molar-refractivity contribution in [3.05, 3.63) is 65.2 Å². The second kappa shape index (κ2) is 8.17. The summed E-state index contributed by atoms with van der Waals surface area (Å²) in [4.78, 5) is 24.0. The van der Waals surface area contributed by atoms with Crippen LogP contribution in [-0.2, 0) is 11.0 Å². The van der Waals surface area contributed by atoms with Gasteiger partial charge in [0.05, 0.1) is 12.1 Å². The Morgan fingerprint density at radius 2 is 1.82 bits per heavy atom. The van der Waals surface area contributed by atoms with Crippen LogP contribution in [0.3, 0.4) is 0 Å². The van der Waals surface area contributed by atoms with Crippen molar-refractivity contribution in [3.63, 3.8) is 0 Å². The van der Waals surface area contributed by atoms with Gasteiger partial charge in [-0.1, -0.05) is 24.0 Å². The molecular formula is C21H17F3N2O2. The lowest BCUT2D eigenvalue weighted by Crippen LogP contribution is -2.23. The molecule has 0 aliphatic heterocycles. The monoisotopic (exact) mass is 386 g/mol. The molecule has 2 amide bonds. The summed E-state index contributed by atoms with van der Waals surface area (Å²) in [5.41, 5.74) is 0.344. The van der Waals surface area contributed by atoms with Gasteiger partial charge in [-0.25, -0.2) is 0 Å². The third kappa shape index (κ3) is 5.36. The number of hydrogen-bond acceptors (Lipinski definition) is 2. The van der Waals surface area contributed by atoms with E-state index in [0.717, 1.165) is 25.0 Å². The average molecular weight is 386 g/mol. The van der Waals surface area contributed by atoms with Crippen LogP contribution in [0, 0.1) is 17.8 Å². The zero-order valence-corrected chi connectivity index (χ0v) is 14.8. The van der Waals surface area contributed by atoms with Gasteiger partial charge in [0.15, 0.2) is 0 Å². The molecule has 0 bridgehead atoms. The summed E-state index contributed by atoms with van der Waals surface area (Å²) in [5, 5.41) is 5.35. The highest BCUT2D eigenvalue weighted by Gasteiger charge is 2.30. The molecular weight excluding hydrogens is 369 g/mol. The molecule has 0 spiro atoms. The molecule has 28 heavy (non-hydrogen) atoms. The molecule has 0 saturated heterocycles. The van der Waals surface area contributed by atoms with Gasteiger partial charge in [-0.2, -0.15) is 13.2 Å². The molecule has 3 rings (SSSR count). The van der Waals surface area contributed by atoms with E-state index < -0.39 is 11.7 Å². The molecule has 4 nitrogen and oxygen atoms in total. The topological polar surface area (TPSA) is 58.2 Å². The Kier molecular flexibility index (Phi) is 5.69. The van der Waals surface area contributed by atoms with E-state index in [2.05, 4.69) is 22.5 Å². The van der Waals surface area contributed by atoms with E-state index in [4.69, 9.17) is 0 Å². The lowest BCUT2D eigenvalue weighted by molar-refractivity contribution is -0.137. The number of carbonyl (C=O) groups excluding carboxylic acids is 2. The number of anilines is 1. The Bertz CT molecular complexity index is 954. The highest BCUT2D eigenvalue weighted by atomic mass is 19.4. The minimum absolute atomic E-state index is 0.0201. The van der Waals surface area contributed by atoms with Crippen LogP contribution in [0.15, 0.2) is 48.5 Å². The summed E-state index contributed by atoms with van der Waals surface area (Å²) in [7, 11) is 0. The van der Waals surface area contributed by atoms with E-state index in [1.165, 1.54) is 12.1 Å². The smallest absolute Gasteiger partial charge is 0.341 e. The Morgan fingerprint density at radius 1 is 1.07 bits per heavy atom. The molecule has 7 heteroatoms. The number of nitrogens with one attached hydrogen (secondary N) is 2. The van der Waals surface area contributed by atoms with Crippen LogP contribution in [0.2, 0.25) is 0 Å². The van der Waals surface area contributed by atoms with Crippen LogP contribution in [0.4, 0.5) is 18.9 Å². The van der Waals surface area contributed by atoms with E-state index >= 15 is 0 Å². The summed E-state index contributed by atoms with van der Waals surface area (Å²) in [6.45, 7) is -0.0201. The number of alkyl halides is 3. The zero-order valence-electron chi connectivity index (χ0n) is 14.8. The van der Waals surface area contributed by atoms with Crippen molar-refractivity contribution < 1.29 is 22.8 Å². The van der Waals surface area contributed by atoms with Crippen molar-refractivity contribution in [3.8, 4) is 11.8 Å². The number of benzene rings is 2. The van der Waals surface area contributed by atoms with Crippen LogP contribution in [0.1, 0.15) is 34.3 Å². The number of carbonyl (C=O) groups is 2. The van der Waals surface area contributed by atoms with Gasteiger partial charge in [-0.05, 0) is 49.2 Å². The highest BCUT2D eigenvalue weighted by Crippen LogP contribution is 2.30. The predicted octanol–water partition coefficient (Wildman–Crippen LogP) is 3.84. The van der Waals surface area contributed by atoms with Crippen molar-refractivity contribution >= 4 is 17.5 Å². The molecule has 0 heterocycles. The van der Waals surface area contributed by atoms with Crippen LogP contribution >= 0.6 is 0 Å². The molecule has 2 N–H and O–H groups in total. The van der Waals surface area contributed by atoms with E-state index in [0.29, 0.717) is 11.3 Å². The first kappa shape index (κ1) is 19.5. The van der Waals surface area contributed by atoms with Gasteiger partial charge in [0.2, 0.25) is 5.91 Å². The average Bonchev–Trinajstić information content (AvgIpc) is 3.50. The molecule has 0 atom stereocenters. The fourth-order valence-corrected chi connectivity index (χ4v) is 2.47. The van der Waals surface area contributed by atoms with E-state index in [-0.39, 0.29) is 29.8 Å². The van der Waals surface area contributed by atoms with Crippen molar-refractivity contribution in [2.45, 2.75) is 19.0 Å². The third-order valence-electron chi connectivity index (χ3n) is 4.10. The summed E-state index contributed by atoms with van der Waals surface area (Å²) >= 11 is 0. The second-order valence-electron chi connectivity index (χ2n) is 6.41. The summed E-state index contributed by atoms with van der Waals surface area (Å²) in [6, 6.07) is 11.2. The van der Waals surface area contributed by atoms with Crippen molar-refractivity contribution in [2.24, 2.45) is 5.92 Å². The van der Waals surface area contributed by atoms with Gasteiger partial charge >= 0.3 is 6.18 Å². The van der Waals surface area contributed by atoms with Gasteiger partial charge in [0.25, 0.3) is 5.91 Å². The molecule has 2 aromatic rings. The first-order valence-corrected chi connectivity index (χ1v) is 8.68. The first-order chi connectivity index (χ1) is 13.3. The second-order valence-corrected chi connectivity index (χ2v) is 6.41. The summed E-state index contributed by atoms with van der Waals surface area (Å²) < 4.78 is 38.0.